The molecule has 102 valence electrons. The second-order valence-electron chi connectivity index (χ2n) is 7.12. The Hall–Kier alpha value is -0.570. The molecule has 3 saturated carbocycles. The summed E-state index contributed by atoms with van der Waals surface area (Å²) < 4.78 is 0. The first-order valence-corrected chi connectivity index (χ1v) is 7.61. The van der Waals surface area contributed by atoms with Crippen molar-refractivity contribution < 1.29 is 4.79 Å². The number of rotatable bonds is 1. The van der Waals surface area contributed by atoms with Gasteiger partial charge in [0.25, 0.3) is 0 Å². The van der Waals surface area contributed by atoms with Crippen LogP contribution in [0.15, 0.2) is 0 Å². The molecule has 0 atom stereocenters. The molecule has 4 rings (SSSR count). The number of nitrogens with zero attached hydrogens (tertiary/aromatic N) is 1. The van der Waals surface area contributed by atoms with Crippen LogP contribution in [0.2, 0.25) is 0 Å². The van der Waals surface area contributed by atoms with Gasteiger partial charge in [0.05, 0.1) is 0 Å². The molecule has 1 aliphatic heterocycles. The molecule has 2 bridgehead atoms. The van der Waals surface area contributed by atoms with Gasteiger partial charge in [-0.1, -0.05) is 6.92 Å². The molecule has 0 aromatic carbocycles. The van der Waals surface area contributed by atoms with Crippen LogP contribution in [0, 0.1) is 11.3 Å². The van der Waals surface area contributed by atoms with E-state index < -0.39 is 0 Å². The lowest BCUT2D eigenvalue weighted by Crippen LogP contribution is -2.57. The highest BCUT2D eigenvalue weighted by molar-refractivity contribution is 5.83. The first-order valence-electron chi connectivity index (χ1n) is 7.61. The number of amides is 1. The maximum Gasteiger partial charge on any atom is 0.228 e. The number of nitrogens with two attached hydrogens (primary N) is 1. The number of hydrogen-bond donors (Lipinski definition) is 1. The molecule has 0 radical (unpaired) electrons. The smallest absolute Gasteiger partial charge is 0.228 e. The summed E-state index contributed by atoms with van der Waals surface area (Å²) in [5.41, 5.74) is 6.37. The third kappa shape index (κ3) is 1.97. The maximum atomic E-state index is 12.8. The van der Waals surface area contributed by atoms with E-state index in [4.69, 9.17) is 5.73 Å². The fourth-order valence-electron chi connectivity index (χ4n) is 4.08. The van der Waals surface area contributed by atoms with Crippen molar-refractivity contribution in [3.63, 3.8) is 0 Å². The highest BCUT2D eigenvalue weighted by Gasteiger charge is 2.52. The molecule has 0 unspecified atom stereocenters. The molecule has 1 saturated heterocycles. The van der Waals surface area contributed by atoms with Crippen LogP contribution in [0.25, 0.3) is 0 Å². The molecule has 0 aromatic heterocycles. The summed E-state index contributed by atoms with van der Waals surface area (Å²) in [6, 6.07) is 0. The van der Waals surface area contributed by atoms with E-state index in [-0.39, 0.29) is 11.0 Å². The maximum absolute atomic E-state index is 12.8. The first-order chi connectivity index (χ1) is 8.53. The van der Waals surface area contributed by atoms with Crippen LogP contribution < -0.4 is 5.73 Å². The normalized spacial score (nSPS) is 41.1. The Morgan fingerprint density at radius 3 is 2.06 bits per heavy atom. The van der Waals surface area contributed by atoms with Gasteiger partial charge in [0.15, 0.2) is 0 Å². The van der Waals surface area contributed by atoms with Crippen LogP contribution in [0.1, 0.15) is 58.3 Å². The zero-order valence-electron chi connectivity index (χ0n) is 11.6. The van der Waals surface area contributed by atoms with Gasteiger partial charge >= 0.3 is 0 Å². The molecule has 2 N–H and O–H groups in total. The van der Waals surface area contributed by atoms with Gasteiger partial charge in [-0.25, -0.2) is 0 Å². The Labute approximate surface area is 110 Å². The highest BCUT2D eigenvalue weighted by atomic mass is 16.2. The van der Waals surface area contributed by atoms with Gasteiger partial charge < -0.3 is 10.6 Å². The minimum absolute atomic E-state index is 0.0261. The van der Waals surface area contributed by atoms with Crippen molar-refractivity contribution in [1.82, 2.24) is 4.90 Å². The lowest BCUT2D eigenvalue weighted by atomic mass is 9.57. The molecule has 3 nitrogen and oxygen atoms in total. The molecular formula is C15H26N2O. The Morgan fingerprint density at radius 2 is 1.56 bits per heavy atom. The standard InChI is InChI=1S/C15H26N2O/c1-12-2-10-17(11-3-12)13(18)14-4-7-15(16,8-5-14)9-6-14/h12H,2-11,16H2,1H3. The van der Waals surface area contributed by atoms with Crippen LogP contribution in [0.5, 0.6) is 0 Å². The van der Waals surface area contributed by atoms with Crippen molar-refractivity contribution in [2.75, 3.05) is 13.1 Å². The number of likely N-dealkylation sites (tertiary alicyclic amines) is 1. The summed E-state index contributed by atoms with van der Waals surface area (Å²) in [7, 11) is 0. The number of fused-ring (bicyclic) bond motifs is 3. The third-order valence-electron chi connectivity index (χ3n) is 5.83. The van der Waals surface area contributed by atoms with E-state index in [9.17, 15) is 4.79 Å². The van der Waals surface area contributed by atoms with Gasteiger partial charge in [0, 0.05) is 24.0 Å². The zero-order valence-corrected chi connectivity index (χ0v) is 11.6. The minimum atomic E-state index is -0.0261. The molecule has 18 heavy (non-hydrogen) atoms. The van der Waals surface area contributed by atoms with Crippen molar-refractivity contribution in [3.8, 4) is 0 Å². The van der Waals surface area contributed by atoms with Crippen LogP contribution in [-0.4, -0.2) is 29.4 Å². The van der Waals surface area contributed by atoms with Gasteiger partial charge in [-0.05, 0) is 57.3 Å². The van der Waals surface area contributed by atoms with Crippen molar-refractivity contribution in [2.45, 2.75) is 63.8 Å². The van der Waals surface area contributed by atoms with E-state index in [0.717, 1.165) is 57.5 Å². The average Bonchev–Trinajstić information content (AvgIpc) is 2.40. The van der Waals surface area contributed by atoms with Crippen LogP contribution in [0.4, 0.5) is 0 Å². The van der Waals surface area contributed by atoms with Crippen LogP contribution in [-0.2, 0) is 4.79 Å². The molecule has 1 amide bonds. The Balaban J connectivity index is 1.69. The van der Waals surface area contributed by atoms with Gasteiger partial charge in [0.2, 0.25) is 5.91 Å². The summed E-state index contributed by atoms with van der Waals surface area (Å²) >= 11 is 0. The quantitative estimate of drug-likeness (QED) is 0.776. The van der Waals surface area contributed by atoms with Crippen molar-refractivity contribution in [1.29, 1.82) is 0 Å². The number of piperidine rings is 1. The molecular weight excluding hydrogens is 224 g/mol. The molecule has 3 aliphatic carbocycles. The Bertz CT molecular complexity index is 320. The molecule has 3 heteroatoms. The van der Waals surface area contributed by atoms with E-state index in [0.29, 0.717) is 5.91 Å². The molecule has 4 fully saturated rings. The number of carbonyl (C=O) groups excluding carboxylic acids is 1. The summed E-state index contributed by atoms with van der Waals surface area (Å²) in [4.78, 5) is 15.0. The van der Waals surface area contributed by atoms with Gasteiger partial charge in [0.1, 0.15) is 0 Å². The van der Waals surface area contributed by atoms with Crippen molar-refractivity contribution in [2.24, 2.45) is 17.1 Å². The number of carbonyl (C=O) groups is 1. The Morgan fingerprint density at radius 1 is 1.06 bits per heavy atom. The summed E-state index contributed by atoms with van der Waals surface area (Å²) in [6.07, 6.45) is 8.65. The van der Waals surface area contributed by atoms with Crippen molar-refractivity contribution >= 4 is 5.91 Å². The first kappa shape index (κ1) is 12.5. The molecule has 1 heterocycles. The van der Waals surface area contributed by atoms with Crippen LogP contribution >= 0.6 is 0 Å². The van der Waals surface area contributed by atoms with E-state index in [1.165, 1.54) is 12.8 Å². The van der Waals surface area contributed by atoms with Gasteiger partial charge in [-0.3, -0.25) is 4.79 Å². The summed E-state index contributed by atoms with van der Waals surface area (Å²) in [6.45, 7) is 4.26. The summed E-state index contributed by atoms with van der Waals surface area (Å²) in [5.74, 6) is 1.25. The average molecular weight is 250 g/mol. The lowest BCUT2D eigenvalue weighted by molar-refractivity contribution is -0.150. The van der Waals surface area contributed by atoms with E-state index >= 15 is 0 Å². The number of hydrogen-bond acceptors (Lipinski definition) is 2. The fourth-order valence-corrected chi connectivity index (χ4v) is 4.08. The predicted molar refractivity (Wildman–Crippen MR) is 72.0 cm³/mol. The predicted octanol–water partition coefficient (Wildman–Crippen LogP) is 2.30. The second-order valence-corrected chi connectivity index (χ2v) is 7.12. The van der Waals surface area contributed by atoms with E-state index in [1.807, 2.05) is 0 Å². The van der Waals surface area contributed by atoms with Gasteiger partial charge in [-0.15, -0.1) is 0 Å². The Kier molecular flexibility index (Phi) is 2.92. The molecule has 0 spiro atoms. The van der Waals surface area contributed by atoms with Gasteiger partial charge in [-0.2, -0.15) is 0 Å². The highest BCUT2D eigenvalue weighted by Crippen LogP contribution is 2.52. The lowest BCUT2D eigenvalue weighted by Gasteiger charge is -2.52. The topological polar surface area (TPSA) is 46.3 Å². The SMILES string of the molecule is CC1CCN(C(=O)C23CCC(N)(CC2)CC3)CC1. The fraction of sp³-hybridized carbons (Fsp3) is 0.933. The largest absolute Gasteiger partial charge is 0.342 e. The van der Waals surface area contributed by atoms with E-state index in [2.05, 4.69) is 11.8 Å². The molecule has 4 aliphatic rings. The van der Waals surface area contributed by atoms with Crippen LogP contribution in [0.3, 0.4) is 0 Å². The monoisotopic (exact) mass is 250 g/mol. The second kappa shape index (κ2) is 4.22. The third-order valence-corrected chi connectivity index (χ3v) is 5.83. The van der Waals surface area contributed by atoms with E-state index in [1.54, 1.807) is 0 Å². The zero-order chi connectivity index (χ0) is 12.8. The summed E-state index contributed by atoms with van der Waals surface area (Å²) in [5, 5.41) is 0. The minimum Gasteiger partial charge on any atom is -0.342 e. The molecule has 0 aromatic rings. The van der Waals surface area contributed by atoms with Crippen molar-refractivity contribution in [3.05, 3.63) is 0 Å².